The Morgan fingerprint density at radius 3 is 2.00 bits per heavy atom. The Morgan fingerprint density at radius 2 is 1.50 bits per heavy atom. The van der Waals surface area contributed by atoms with E-state index in [2.05, 4.69) is 0 Å². The second kappa shape index (κ2) is 5.77. The van der Waals surface area contributed by atoms with Gasteiger partial charge < -0.3 is 5.73 Å². The van der Waals surface area contributed by atoms with Crippen molar-refractivity contribution in [3.05, 3.63) is 71.0 Å². The molecule has 1 atom stereocenters. The zero-order valence-corrected chi connectivity index (χ0v) is 10.4. The van der Waals surface area contributed by atoms with E-state index in [9.17, 15) is 18.0 Å². The van der Waals surface area contributed by atoms with Crippen LogP contribution in [0.5, 0.6) is 0 Å². The van der Waals surface area contributed by atoms with Crippen molar-refractivity contribution in [2.45, 2.75) is 12.3 Å². The van der Waals surface area contributed by atoms with Crippen molar-refractivity contribution in [3.63, 3.8) is 0 Å². The van der Waals surface area contributed by atoms with Crippen LogP contribution in [-0.4, -0.2) is 5.91 Å². The summed E-state index contributed by atoms with van der Waals surface area (Å²) in [5.41, 5.74) is 6.11. The van der Waals surface area contributed by atoms with Gasteiger partial charge in [-0.1, -0.05) is 12.1 Å². The van der Waals surface area contributed by atoms with Crippen molar-refractivity contribution < 1.29 is 18.0 Å². The van der Waals surface area contributed by atoms with Gasteiger partial charge in [0.05, 0.1) is 5.92 Å². The fourth-order valence-corrected chi connectivity index (χ4v) is 2.02. The number of nitrogens with two attached hydrogens (primary N) is 1. The molecule has 0 fully saturated rings. The molecule has 0 aliphatic heterocycles. The Morgan fingerprint density at radius 1 is 0.950 bits per heavy atom. The van der Waals surface area contributed by atoms with E-state index in [1.54, 1.807) is 0 Å². The Hall–Kier alpha value is -2.30. The SMILES string of the molecule is NC(=O)C(Cc1ccc(F)cc1)c1cc(F)cc(F)c1. The van der Waals surface area contributed by atoms with Crippen molar-refractivity contribution in [1.29, 1.82) is 0 Å². The highest BCUT2D eigenvalue weighted by atomic mass is 19.1. The molecule has 1 unspecified atom stereocenters. The lowest BCUT2D eigenvalue weighted by molar-refractivity contribution is -0.119. The lowest BCUT2D eigenvalue weighted by atomic mass is 9.91. The molecule has 2 nitrogen and oxygen atoms in total. The first kappa shape index (κ1) is 14.1. The molecule has 0 radical (unpaired) electrons. The molecule has 0 aliphatic rings. The summed E-state index contributed by atoms with van der Waals surface area (Å²) in [6.07, 6.45) is 0.151. The van der Waals surface area contributed by atoms with Crippen molar-refractivity contribution in [2.75, 3.05) is 0 Å². The molecule has 0 bridgehead atoms. The number of amides is 1. The summed E-state index contributed by atoms with van der Waals surface area (Å²) in [6.45, 7) is 0. The predicted octanol–water partition coefficient (Wildman–Crippen LogP) is 2.92. The molecule has 0 aliphatic carbocycles. The highest BCUT2D eigenvalue weighted by molar-refractivity contribution is 5.82. The summed E-state index contributed by atoms with van der Waals surface area (Å²) in [6, 6.07) is 8.37. The molecule has 0 saturated carbocycles. The average molecular weight is 279 g/mol. The van der Waals surface area contributed by atoms with Crippen molar-refractivity contribution >= 4 is 5.91 Å². The number of carbonyl (C=O) groups excluding carboxylic acids is 1. The van der Waals surface area contributed by atoms with Crippen LogP contribution in [0.1, 0.15) is 17.0 Å². The zero-order valence-electron chi connectivity index (χ0n) is 10.4. The molecule has 104 valence electrons. The molecule has 0 saturated heterocycles. The number of rotatable bonds is 4. The van der Waals surface area contributed by atoms with E-state index in [1.165, 1.54) is 24.3 Å². The van der Waals surface area contributed by atoms with E-state index in [0.717, 1.165) is 18.2 Å². The Labute approximate surface area is 114 Å². The second-order valence-electron chi connectivity index (χ2n) is 4.49. The van der Waals surface area contributed by atoms with Gasteiger partial charge in [0.2, 0.25) is 5.91 Å². The van der Waals surface area contributed by atoms with Gasteiger partial charge in [0, 0.05) is 6.07 Å². The van der Waals surface area contributed by atoms with E-state index in [1.807, 2.05) is 0 Å². The van der Waals surface area contributed by atoms with Crippen LogP contribution in [0.4, 0.5) is 13.2 Å². The van der Waals surface area contributed by atoms with E-state index < -0.39 is 29.3 Å². The first-order valence-corrected chi connectivity index (χ1v) is 5.95. The van der Waals surface area contributed by atoms with Gasteiger partial charge in [-0.2, -0.15) is 0 Å². The molecule has 2 N–H and O–H groups in total. The minimum atomic E-state index is -0.870. The van der Waals surface area contributed by atoms with E-state index in [4.69, 9.17) is 5.73 Å². The number of halogens is 3. The molecule has 0 aromatic heterocycles. The van der Waals surface area contributed by atoms with Crippen LogP contribution in [-0.2, 0) is 11.2 Å². The Bertz CT molecular complexity index is 605. The number of benzene rings is 2. The van der Waals surface area contributed by atoms with Crippen LogP contribution in [0.25, 0.3) is 0 Å². The third kappa shape index (κ3) is 3.38. The predicted molar refractivity (Wildman–Crippen MR) is 68.4 cm³/mol. The fourth-order valence-electron chi connectivity index (χ4n) is 2.02. The normalized spacial score (nSPS) is 12.2. The van der Waals surface area contributed by atoms with Crippen molar-refractivity contribution in [2.24, 2.45) is 5.73 Å². The number of carbonyl (C=O) groups is 1. The molecule has 0 spiro atoms. The summed E-state index contributed by atoms with van der Waals surface area (Å²) < 4.78 is 39.2. The van der Waals surface area contributed by atoms with Crippen LogP contribution in [0, 0.1) is 17.5 Å². The van der Waals surface area contributed by atoms with Gasteiger partial charge in [-0.3, -0.25) is 4.79 Å². The topological polar surface area (TPSA) is 43.1 Å². The van der Waals surface area contributed by atoms with E-state index in [0.29, 0.717) is 5.56 Å². The number of primary amides is 1. The number of hydrogen-bond acceptors (Lipinski definition) is 1. The summed E-state index contributed by atoms with van der Waals surface area (Å²) in [5, 5.41) is 0. The monoisotopic (exact) mass is 279 g/mol. The third-order valence-electron chi connectivity index (χ3n) is 2.98. The molecule has 20 heavy (non-hydrogen) atoms. The Balaban J connectivity index is 2.31. The molecule has 1 amide bonds. The van der Waals surface area contributed by atoms with Crippen LogP contribution in [0.2, 0.25) is 0 Å². The highest BCUT2D eigenvalue weighted by Crippen LogP contribution is 2.23. The highest BCUT2D eigenvalue weighted by Gasteiger charge is 2.20. The standard InChI is InChI=1S/C15H12F3NO/c16-11-3-1-9(2-4-11)5-14(15(19)20)10-6-12(17)8-13(18)7-10/h1-4,6-8,14H,5H2,(H2,19,20). The van der Waals surface area contributed by atoms with Gasteiger partial charge in [-0.05, 0) is 41.8 Å². The van der Waals surface area contributed by atoms with Crippen molar-refractivity contribution in [3.8, 4) is 0 Å². The average Bonchev–Trinajstić information content (AvgIpc) is 2.36. The first-order valence-electron chi connectivity index (χ1n) is 5.95. The lowest BCUT2D eigenvalue weighted by Crippen LogP contribution is -2.23. The molecule has 0 heterocycles. The molecular weight excluding hydrogens is 267 g/mol. The maximum atomic E-state index is 13.2. The number of hydrogen-bond donors (Lipinski definition) is 1. The minimum absolute atomic E-state index is 0.151. The smallest absolute Gasteiger partial charge is 0.225 e. The van der Waals surface area contributed by atoms with Gasteiger partial charge in [-0.15, -0.1) is 0 Å². The quantitative estimate of drug-likeness (QED) is 0.918. The largest absolute Gasteiger partial charge is 0.369 e. The van der Waals surface area contributed by atoms with Gasteiger partial charge in [0.15, 0.2) is 0 Å². The molecule has 2 aromatic rings. The third-order valence-corrected chi connectivity index (χ3v) is 2.98. The van der Waals surface area contributed by atoms with Gasteiger partial charge in [-0.25, -0.2) is 13.2 Å². The van der Waals surface area contributed by atoms with Gasteiger partial charge >= 0.3 is 0 Å². The maximum absolute atomic E-state index is 13.2. The van der Waals surface area contributed by atoms with Crippen molar-refractivity contribution in [1.82, 2.24) is 0 Å². The van der Waals surface area contributed by atoms with Crippen LogP contribution < -0.4 is 5.73 Å². The zero-order chi connectivity index (χ0) is 14.7. The Kier molecular flexibility index (Phi) is 4.08. The summed E-state index contributed by atoms with van der Waals surface area (Å²) in [4.78, 5) is 11.5. The lowest BCUT2D eigenvalue weighted by Gasteiger charge is -2.14. The summed E-state index contributed by atoms with van der Waals surface area (Å²) >= 11 is 0. The summed E-state index contributed by atoms with van der Waals surface area (Å²) in [7, 11) is 0. The van der Waals surface area contributed by atoms with Gasteiger partial charge in [0.1, 0.15) is 17.5 Å². The van der Waals surface area contributed by atoms with Crippen LogP contribution in [0.3, 0.4) is 0 Å². The molecule has 2 rings (SSSR count). The van der Waals surface area contributed by atoms with E-state index in [-0.39, 0.29) is 12.0 Å². The maximum Gasteiger partial charge on any atom is 0.225 e. The van der Waals surface area contributed by atoms with Gasteiger partial charge in [0.25, 0.3) is 0 Å². The van der Waals surface area contributed by atoms with E-state index >= 15 is 0 Å². The first-order chi connectivity index (χ1) is 9.45. The minimum Gasteiger partial charge on any atom is -0.369 e. The summed E-state index contributed by atoms with van der Waals surface area (Å²) in [5.74, 6) is -3.51. The second-order valence-corrected chi connectivity index (χ2v) is 4.49. The van der Waals surface area contributed by atoms with Crippen LogP contribution in [0.15, 0.2) is 42.5 Å². The molecular formula is C15H12F3NO. The van der Waals surface area contributed by atoms with Crippen LogP contribution >= 0.6 is 0 Å². The fraction of sp³-hybridized carbons (Fsp3) is 0.133. The molecule has 5 heteroatoms. The molecule has 2 aromatic carbocycles.